The van der Waals surface area contributed by atoms with Gasteiger partial charge in [0.25, 0.3) is 0 Å². The molecule has 1 rings (SSSR count). The van der Waals surface area contributed by atoms with Gasteiger partial charge < -0.3 is 10.1 Å². The van der Waals surface area contributed by atoms with Crippen molar-refractivity contribution in [3.05, 3.63) is 35.4 Å². The van der Waals surface area contributed by atoms with Gasteiger partial charge in [0.2, 0.25) is 5.91 Å². The second-order valence-corrected chi connectivity index (χ2v) is 4.90. The maximum absolute atomic E-state index is 11.3. The second kappa shape index (κ2) is 6.39. The molecule has 0 saturated heterocycles. The Bertz CT molecular complexity index is 401. The van der Waals surface area contributed by atoms with Crippen molar-refractivity contribution < 1.29 is 14.3 Å². The summed E-state index contributed by atoms with van der Waals surface area (Å²) in [6.45, 7) is 2.20. The van der Waals surface area contributed by atoms with E-state index in [9.17, 15) is 9.59 Å². The average molecular weight is 300 g/mol. The summed E-state index contributed by atoms with van der Waals surface area (Å²) in [6.07, 6.45) is 0. The van der Waals surface area contributed by atoms with Crippen LogP contribution in [0.4, 0.5) is 0 Å². The molecule has 1 atom stereocenters. The number of hydrogen-bond acceptors (Lipinski definition) is 3. The Labute approximate surface area is 108 Å². The van der Waals surface area contributed by atoms with Gasteiger partial charge in [-0.3, -0.25) is 4.79 Å². The highest BCUT2D eigenvalue weighted by molar-refractivity contribution is 9.10. The molecule has 1 amide bonds. The molecule has 1 unspecified atom stereocenters. The maximum atomic E-state index is 11.3. The molecule has 0 fully saturated rings. The van der Waals surface area contributed by atoms with Crippen LogP contribution in [0.25, 0.3) is 0 Å². The zero-order valence-corrected chi connectivity index (χ0v) is 11.3. The fraction of sp³-hybridized carbons (Fsp3) is 0.333. The molecule has 0 aliphatic rings. The number of alkyl halides is 1. The van der Waals surface area contributed by atoms with Crippen molar-refractivity contribution in [2.75, 3.05) is 7.11 Å². The van der Waals surface area contributed by atoms with Crippen molar-refractivity contribution in [1.29, 1.82) is 0 Å². The molecule has 1 aromatic rings. The van der Waals surface area contributed by atoms with Crippen LogP contribution in [0.2, 0.25) is 0 Å². The third kappa shape index (κ3) is 4.19. The molecule has 92 valence electrons. The van der Waals surface area contributed by atoms with E-state index in [0.717, 1.165) is 5.56 Å². The Morgan fingerprint density at radius 3 is 2.41 bits per heavy atom. The molecule has 0 aliphatic heterocycles. The van der Waals surface area contributed by atoms with Crippen molar-refractivity contribution in [3.8, 4) is 0 Å². The monoisotopic (exact) mass is 299 g/mol. The van der Waals surface area contributed by atoms with Crippen LogP contribution in [0.3, 0.4) is 0 Å². The Morgan fingerprint density at radius 2 is 1.94 bits per heavy atom. The topological polar surface area (TPSA) is 55.4 Å². The predicted octanol–water partition coefficient (Wildman–Crippen LogP) is 1.87. The largest absolute Gasteiger partial charge is 0.465 e. The van der Waals surface area contributed by atoms with E-state index in [1.54, 1.807) is 31.2 Å². The van der Waals surface area contributed by atoms with E-state index in [-0.39, 0.29) is 16.7 Å². The summed E-state index contributed by atoms with van der Waals surface area (Å²) >= 11 is 3.18. The molecule has 0 aliphatic carbocycles. The fourth-order valence-electron chi connectivity index (χ4n) is 1.21. The molecular formula is C12H14BrNO3. The van der Waals surface area contributed by atoms with Gasteiger partial charge in [0.15, 0.2) is 0 Å². The van der Waals surface area contributed by atoms with Gasteiger partial charge in [-0.25, -0.2) is 4.79 Å². The number of carbonyl (C=O) groups excluding carboxylic acids is 2. The van der Waals surface area contributed by atoms with Crippen molar-refractivity contribution in [2.24, 2.45) is 0 Å². The number of methoxy groups -OCH3 is 1. The predicted molar refractivity (Wildman–Crippen MR) is 68.0 cm³/mol. The van der Waals surface area contributed by atoms with Crippen LogP contribution in [-0.4, -0.2) is 23.8 Å². The zero-order chi connectivity index (χ0) is 12.8. The number of carbonyl (C=O) groups is 2. The third-order valence-electron chi connectivity index (χ3n) is 2.20. The number of ether oxygens (including phenoxy) is 1. The van der Waals surface area contributed by atoms with Crippen LogP contribution in [-0.2, 0) is 16.1 Å². The summed E-state index contributed by atoms with van der Waals surface area (Å²) in [5, 5.41) is 2.76. The lowest BCUT2D eigenvalue weighted by atomic mass is 10.1. The molecular weight excluding hydrogens is 286 g/mol. The molecule has 1 N–H and O–H groups in total. The van der Waals surface area contributed by atoms with Gasteiger partial charge >= 0.3 is 5.97 Å². The number of benzene rings is 1. The van der Waals surface area contributed by atoms with E-state index in [0.29, 0.717) is 12.1 Å². The maximum Gasteiger partial charge on any atom is 0.337 e. The first-order valence-corrected chi connectivity index (χ1v) is 6.05. The molecule has 4 nitrogen and oxygen atoms in total. The summed E-state index contributed by atoms with van der Waals surface area (Å²) in [7, 11) is 1.34. The van der Waals surface area contributed by atoms with Gasteiger partial charge in [-0.1, -0.05) is 28.1 Å². The highest BCUT2D eigenvalue weighted by Crippen LogP contribution is 2.06. The molecule has 0 radical (unpaired) electrons. The number of halogens is 1. The van der Waals surface area contributed by atoms with Crippen molar-refractivity contribution in [2.45, 2.75) is 18.3 Å². The molecule has 0 bridgehead atoms. The van der Waals surface area contributed by atoms with E-state index >= 15 is 0 Å². The summed E-state index contributed by atoms with van der Waals surface area (Å²) < 4.78 is 4.59. The van der Waals surface area contributed by atoms with Crippen LogP contribution in [0.1, 0.15) is 22.8 Å². The molecule has 0 aromatic heterocycles. The minimum Gasteiger partial charge on any atom is -0.465 e. The van der Waals surface area contributed by atoms with Crippen molar-refractivity contribution in [3.63, 3.8) is 0 Å². The second-order valence-electron chi connectivity index (χ2n) is 3.52. The lowest BCUT2D eigenvalue weighted by molar-refractivity contribution is -0.120. The summed E-state index contributed by atoms with van der Waals surface area (Å²) in [5.74, 6) is -0.434. The fourth-order valence-corrected chi connectivity index (χ4v) is 1.37. The highest BCUT2D eigenvalue weighted by atomic mass is 79.9. The summed E-state index contributed by atoms with van der Waals surface area (Å²) in [4.78, 5) is 22.3. The molecule has 1 aromatic carbocycles. The van der Waals surface area contributed by atoms with Gasteiger partial charge in [0, 0.05) is 6.54 Å². The minimum absolute atomic E-state index is 0.0676. The van der Waals surface area contributed by atoms with Gasteiger partial charge in [-0.2, -0.15) is 0 Å². The number of nitrogens with one attached hydrogen (secondary N) is 1. The smallest absolute Gasteiger partial charge is 0.337 e. The van der Waals surface area contributed by atoms with Crippen molar-refractivity contribution >= 4 is 27.8 Å². The first kappa shape index (κ1) is 13.7. The molecule has 0 heterocycles. The van der Waals surface area contributed by atoms with Crippen LogP contribution >= 0.6 is 15.9 Å². The minimum atomic E-state index is -0.366. The molecule has 0 saturated carbocycles. The lowest BCUT2D eigenvalue weighted by Gasteiger charge is -2.07. The summed E-state index contributed by atoms with van der Waals surface area (Å²) in [5.41, 5.74) is 1.43. The van der Waals surface area contributed by atoms with Crippen LogP contribution < -0.4 is 5.32 Å². The normalized spacial score (nSPS) is 11.7. The van der Waals surface area contributed by atoms with Gasteiger partial charge in [-0.05, 0) is 24.6 Å². The van der Waals surface area contributed by atoms with Crippen LogP contribution in [0, 0.1) is 0 Å². The van der Waals surface area contributed by atoms with E-state index in [1.165, 1.54) is 7.11 Å². The molecule has 0 spiro atoms. The lowest BCUT2D eigenvalue weighted by Crippen LogP contribution is -2.28. The quantitative estimate of drug-likeness (QED) is 0.682. The van der Waals surface area contributed by atoms with Gasteiger partial charge in [0.1, 0.15) is 0 Å². The highest BCUT2D eigenvalue weighted by Gasteiger charge is 2.08. The number of rotatable bonds is 4. The third-order valence-corrected chi connectivity index (χ3v) is 2.62. The first-order valence-electron chi connectivity index (χ1n) is 5.13. The van der Waals surface area contributed by atoms with E-state index in [4.69, 9.17) is 0 Å². The molecule has 17 heavy (non-hydrogen) atoms. The average Bonchev–Trinajstić information content (AvgIpc) is 2.35. The summed E-state index contributed by atoms with van der Waals surface area (Å²) in [6, 6.07) is 6.91. The van der Waals surface area contributed by atoms with E-state index < -0.39 is 0 Å². The number of esters is 1. The zero-order valence-electron chi connectivity index (χ0n) is 9.70. The van der Waals surface area contributed by atoms with Crippen LogP contribution in [0.15, 0.2) is 24.3 Å². The Morgan fingerprint density at radius 1 is 1.35 bits per heavy atom. The Kier molecular flexibility index (Phi) is 5.15. The Hall–Kier alpha value is -1.36. The Balaban J connectivity index is 2.57. The number of hydrogen-bond donors (Lipinski definition) is 1. The van der Waals surface area contributed by atoms with E-state index in [1.807, 2.05) is 0 Å². The van der Waals surface area contributed by atoms with Crippen molar-refractivity contribution in [1.82, 2.24) is 5.32 Å². The van der Waals surface area contributed by atoms with Gasteiger partial charge in [-0.15, -0.1) is 0 Å². The van der Waals surface area contributed by atoms with Crippen LogP contribution in [0.5, 0.6) is 0 Å². The SMILES string of the molecule is COC(=O)c1ccc(CNC(=O)C(C)Br)cc1. The first-order chi connectivity index (χ1) is 8.04. The molecule has 5 heteroatoms. The standard InChI is InChI=1S/C12H14BrNO3/c1-8(13)11(15)14-7-9-3-5-10(6-4-9)12(16)17-2/h3-6,8H,7H2,1-2H3,(H,14,15). The van der Waals surface area contributed by atoms with Gasteiger partial charge in [0.05, 0.1) is 17.5 Å². The number of amides is 1. The van der Waals surface area contributed by atoms with E-state index in [2.05, 4.69) is 26.0 Å².